The van der Waals surface area contributed by atoms with Gasteiger partial charge in [-0.1, -0.05) is 0 Å². The van der Waals surface area contributed by atoms with Crippen LogP contribution in [0, 0.1) is 5.92 Å². The van der Waals surface area contributed by atoms with Gasteiger partial charge < -0.3 is 15.5 Å². The van der Waals surface area contributed by atoms with E-state index in [1.165, 1.54) is 26.1 Å². The van der Waals surface area contributed by atoms with E-state index < -0.39 is 0 Å². The van der Waals surface area contributed by atoms with Crippen LogP contribution in [0.5, 0.6) is 0 Å². The smallest absolute Gasteiger partial charge is 0.00193 e. The maximum absolute atomic E-state index is 5.47. The number of nitrogens with two attached hydrogens (primary N) is 1. The molecule has 1 unspecified atom stereocenters. The summed E-state index contributed by atoms with van der Waals surface area (Å²) >= 11 is 0. The van der Waals surface area contributed by atoms with Crippen LogP contribution in [-0.4, -0.2) is 56.6 Å². The molecule has 0 aliphatic carbocycles. The van der Waals surface area contributed by atoms with Crippen molar-refractivity contribution in [3.05, 3.63) is 0 Å². The zero-order valence-electron chi connectivity index (χ0n) is 9.00. The van der Waals surface area contributed by atoms with Gasteiger partial charge in [0, 0.05) is 13.1 Å². The monoisotopic (exact) mass is 185 g/mol. The molecular weight excluding hydrogens is 162 g/mol. The van der Waals surface area contributed by atoms with Gasteiger partial charge >= 0.3 is 0 Å². The number of likely N-dealkylation sites (tertiary alicyclic amines) is 1. The lowest BCUT2D eigenvalue weighted by molar-refractivity contribution is 0.272. The van der Waals surface area contributed by atoms with E-state index in [4.69, 9.17) is 5.73 Å². The molecule has 3 nitrogen and oxygen atoms in total. The summed E-state index contributed by atoms with van der Waals surface area (Å²) in [4.78, 5) is 4.83. The van der Waals surface area contributed by atoms with E-state index in [0.717, 1.165) is 25.4 Å². The lowest BCUT2D eigenvalue weighted by atomic mass is 10.1. The second-order valence-corrected chi connectivity index (χ2v) is 4.32. The quantitative estimate of drug-likeness (QED) is 0.665. The third-order valence-corrected chi connectivity index (χ3v) is 2.80. The van der Waals surface area contributed by atoms with E-state index in [-0.39, 0.29) is 0 Å². The average molecular weight is 185 g/mol. The van der Waals surface area contributed by atoms with Crippen LogP contribution in [0.4, 0.5) is 0 Å². The van der Waals surface area contributed by atoms with Crippen molar-refractivity contribution < 1.29 is 0 Å². The molecule has 1 heterocycles. The SMILES string of the molecule is CN(CCCN)CC1CCN(C)C1. The summed E-state index contributed by atoms with van der Waals surface area (Å²) in [7, 11) is 4.41. The lowest BCUT2D eigenvalue weighted by Gasteiger charge is -2.20. The Morgan fingerprint density at radius 3 is 2.85 bits per heavy atom. The van der Waals surface area contributed by atoms with Gasteiger partial charge in [0.1, 0.15) is 0 Å². The minimum atomic E-state index is 0.814. The number of rotatable bonds is 5. The van der Waals surface area contributed by atoms with Gasteiger partial charge in [-0.3, -0.25) is 0 Å². The summed E-state index contributed by atoms with van der Waals surface area (Å²) in [5.41, 5.74) is 5.47. The minimum absolute atomic E-state index is 0.814. The van der Waals surface area contributed by atoms with Gasteiger partial charge in [0.25, 0.3) is 0 Å². The first-order valence-electron chi connectivity index (χ1n) is 5.29. The summed E-state index contributed by atoms with van der Waals surface area (Å²) in [5.74, 6) is 0.882. The van der Waals surface area contributed by atoms with Crippen LogP contribution < -0.4 is 5.73 Å². The van der Waals surface area contributed by atoms with Crippen LogP contribution in [-0.2, 0) is 0 Å². The zero-order valence-corrected chi connectivity index (χ0v) is 9.00. The van der Waals surface area contributed by atoms with Gasteiger partial charge in [-0.05, 0) is 52.5 Å². The normalized spacial score (nSPS) is 24.5. The molecule has 0 aromatic rings. The molecule has 1 aliphatic rings. The van der Waals surface area contributed by atoms with E-state index in [9.17, 15) is 0 Å². The van der Waals surface area contributed by atoms with Crippen molar-refractivity contribution in [2.75, 3.05) is 46.8 Å². The van der Waals surface area contributed by atoms with Crippen molar-refractivity contribution in [1.29, 1.82) is 0 Å². The van der Waals surface area contributed by atoms with Gasteiger partial charge in [0.15, 0.2) is 0 Å². The molecule has 2 N–H and O–H groups in total. The Labute approximate surface area is 81.9 Å². The minimum Gasteiger partial charge on any atom is -0.330 e. The second-order valence-electron chi connectivity index (χ2n) is 4.32. The van der Waals surface area contributed by atoms with Crippen molar-refractivity contribution in [2.45, 2.75) is 12.8 Å². The Morgan fingerprint density at radius 1 is 1.54 bits per heavy atom. The molecule has 0 aromatic carbocycles. The Bertz CT molecular complexity index is 138. The van der Waals surface area contributed by atoms with Gasteiger partial charge in [-0.2, -0.15) is 0 Å². The van der Waals surface area contributed by atoms with E-state index in [1.807, 2.05) is 0 Å². The van der Waals surface area contributed by atoms with Gasteiger partial charge in [0.05, 0.1) is 0 Å². The van der Waals surface area contributed by atoms with Crippen molar-refractivity contribution in [3.63, 3.8) is 0 Å². The van der Waals surface area contributed by atoms with Gasteiger partial charge in [0.2, 0.25) is 0 Å². The van der Waals surface area contributed by atoms with E-state index in [0.29, 0.717) is 0 Å². The summed E-state index contributed by atoms with van der Waals surface area (Å²) < 4.78 is 0. The fourth-order valence-corrected chi connectivity index (χ4v) is 2.07. The van der Waals surface area contributed by atoms with Crippen molar-refractivity contribution in [1.82, 2.24) is 9.80 Å². The number of nitrogens with zero attached hydrogens (tertiary/aromatic N) is 2. The maximum atomic E-state index is 5.47. The highest BCUT2D eigenvalue weighted by Crippen LogP contribution is 2.14. The van der Waals surface area contributed by atoms with Crippen LogP contribution in [0.3, 0.4) is 0 Å². The van der Waals surface area contributed by atoms with Crippen molar-refractivity contribution in [2.24, 2.45) is 11.7 Å². The third kappa shape index (κ3) is 4.07. The van der Waals surface area contributed by atoms with Crippen LogP contribution in [0.15, 0.2) is 0 Å². The van der Waals surface area contributed by atoms with E-state index in [1.54, 1.807) is 0 Å². The molecule has 1 atom stereocenters. The highest BCUT2D eigenvalue weighted by Gasteiger charge is 2.20. The summed E-state index contributed by atoms with van der Waals surface area (Å²) in [6.45, 7) is 5.75. The standard InChI is InChI=1S/C10H23N3/c1-12(6-3-5-11)8-10-4-7-13(2)9-10/h10H,3-9,11H2,1-2H3. The molecule has 0 bridgehead atoms. The first-order chi connectivity index (χ1) is 6.22. The topological polar surface area (TPSA) is 32.5 Å². The molecule has 0 radical (unpaired) electrons. The first kappa shape index (κ1) is 11.0. The van der Waals surface area contributed by atoms with Crippen molar-refractivity contribution >= 4 is 0 Å². The first-order valence-corrected chi connectivity index (χ1v) is 5.29. The highest BCUT2D eigenvalue weighted by atomic mass is 15.1. The Hall–Kier alpha value is -0.120. The Balaban J connectivity index is 2.09. The van der Waals surface area contributed by atoms with E-state index in [2.05, 4.69) is 23.9 Å². The third-order valence-electron chi connectivity index (χ3n) is 2.80. The zero-order chi connectivity index (χ0) is 9.68. The predicted molar refractivity (Wildman–Crippen MR) is 56.8 cm³/mol. The summed E-state index contributed by atoms with van der Waals surface area (Å²) in [5, 5.41) is 0. The number of hydrogen-bond acceptors (Lipinski definition) is 3. The number of hydrogen-bond donors (Lipinski definition) is 1. The fourth-order valence-electron chi connectivity index (χ4n) is 2.07. The lowest BCUT2D eigenvalue weighted by Crippen LogP contribution is -2.29. The van der Waals surface area contributed by atoms with Gasteiger partial charge in [-0.15, -0.1) is 0 Å². The Kier molecular flexibility index (Phi) is 4.70. The molecule has 1 rings (SSSR count). The largest absolute Gasteiger partial charge is 0.330 e. The highest BCUT2D eigenvalue weighted by molar-refractivity contribution is 4.75. The van der Waals surface area contributed by atoms with Crippen LogP contribution in [0.2, 0.25) is 0 Å². The van der Waals surface area contributed by atoms with Crippen LogP contribution in [0.1, 0.15) is 12.8 Å². The molecule has 1 aliphatic heterocycles. The fraction of sp³-hybridized carbons (Fsp3) is 1.00. The molecule has 0 saturated carbocycles. The summed E-state index contributed by atoms with van der Waals surface area (Å²) in [6.07, 6.45) is 2.49. The van der Waals surface area contributed by atoms with Crippen LogP contribution >= 0.6 is 0 Å². The molecule has 0 aromatic heterocycles. The predicted octanol–water partition coefficient (Wildman–Crippen LogP) is 0.219. The second kappa shape index (κ2) is 5.58. The molecule has 0 spiro atoms. The molecule has 0 amide bonds. The molecule has 3 heteroatoms. The molecule has 1 fully saturated rings. The van der Waals surface area contributed by atoms with Crippen LogP contribution in [0.25, 0.3) is 0 Å². The van der Waals surface area contributed by atoms with Crippen molar-refractivity contribution in [3.8, 4) is 0 Å². The van der Waals surface area contributed by atoms with E-state index >= 15 is 0 Å². The molecular formula is C10H23N3. The molecule has 13 heavy (non-hydrogen) atoms. The average Bonchev–Trinajstić information content (AvgIpc) is 2.48. The Morgan fingerprint density at radius 2 is 2.31 bits per heavy atom. The molecule has 1 saturated heterocycles. The molecule has 78 valence electrons. The summed E-state index contributed by atoms with van der Waals surface area (Å²) in [6, 6.07) is 0. The van der Waals surface area contributed by atoms with Gasteiger partial charge in [-0.25, -0.2) is 0 Å². The maximum Gasteiger partial charge on any atom is 0.00193 e.